The Balaban J connectivity index is 1.44. The standard InChI is InChI=1S/C33H39FN6O2/c1-23-19-35-14-16-39(23)15-13-27-17-30(33(34)36-20-27)31-18-32(38-24(2)37-31)40(21-25-5-9-28(41-3)10-6-25)22-26-7-11-29(42-4)12-8-26/h5-12,17-18,20,23,35H,13-16,19,21-22H2,1-4H3/t23-/m0/s1. The Kier molecular flexibility index (Phi) is 9.61. The van der Waals surface area contributed by atoms with Crippen LogP contribution in [-0.2, 0) is 19.5 Å². The Morgan fingerprint density at radius 1 is 0.929 bits per heavy atom. The van der Waals surface area contributed by atoms with E-state index in [1.54, 1.807) is 20.4 Å². The van der Waals surface area contributed by atoms with Crippen LogP contribution in [-0.4, -0.2) is 66.3 Å². The summed E-state index contributed by atoms with van der Waals surface area (Å²) in [5, 5.41) is 3.43. The highest BCUT2D eigenvalue weighted by molar-refractivity contribution is 5.63. The Bertz CT molecular complexity index is 1420. The fourth-order valence-electron chi connectivity index (χ4n) is 5.27. The Hall–Kier alpha value is -4.08. The summed E-state index contributed by atoms with van der Waals surface area (Å²) in [5.41, 5.74) is 4.09. The molecule has 1 fully saturated rings. The first-order valence-electron chi connectivity index (χ1n) is 14.4. The zero-order valence-electron chi connectivity index (χ0n) is 24.8. The summed E-state index contributed by atoms with van der Waals surface area (Å²) in [6.07, 6.45) is 2.43. The lowest BCUT2D eigenvalue weighted by Crippen LogP contribution is -2.50. The molecule has 1 atom stereocenters. The summed E-state index contributed by atoms with van der Waals surface area (Å²) >= 11 is 0. The van der Waals surface area contributed by atoms with Gasteiger partial charge in [0.25, 0.3) is 0 Å². The smallest absolute Gasteiger partial charge is 0.222 e. The van der Waals surface area contributed by atoms with Crippen LogP contribution < -0.4 is 19.7 Å². The van der Waals surface area contributed by atoms with Gasteiger partial charge >= 0.3 is 0 Å². The highest BCUT2D eigenvalue weighted by Crippen LogP contribution is 2.27. The first kappa shape index (κ1) is 29.4. The molecule has 2 aromatic heterocycles. The highest BCUT2D eigenvalue weighted by atomic mass is 19.1. The number of pyridine rings is 1. The number of hydrogen-bond donors (Lipinski definition) is 1. The largest absolute Gasteiger partial charge is 0.497 e. The van der Waals surface area contributed by atoms with Crippen LogP contribution >= 0.6 is 0 Å². The molecule has 1 aliphatic heterocycles. The van der Waals surface area contributed by atoms with Crippen molar-refractivity contribution in [1.82, 2.24) is 25.2 Å². The zero-order valence-corrected chi connectivity index (χ0v) is 24.8. The van der Waals surface area contributed by atoms with E-state index < -0.39 is 5.95 Å². The number of benzene rings is 2. The van der Waals surface area contributed by atoms with Crippen molar-refractivity contribution in [2.75, 3.05) is 45.3 Å². The van der Waals surface area contributed by atoms with Crippen molar-refractivity contribution < 1.29 is 13.9 Å². The van der Waals surface area contributed by atoms with Gasteiger partial charge in [-0.05, 0) is 67.3 Å². The predicted octanol–water partition coefficient (Wildman–Crippen LogP) is 5.05. The molecule has 0 amide bonds. The number of nitrogens with zero attached hydrogens (tertiary/aromatic N) is 5. The highest BCUT2D eigenvalue weighted by Gasteiger charge is 2.19. The fraction of sp³-hybridized carbons (Fsp3) is 0.364. The van der Waals surface area contributed by atoms with Crippen molar-refractivity contribution >= 4 is 5.82 Å². The van der Waals surface area contributed by atoms with Crippen molar-refractivity contribution in [3.05, 3.63) is 95.3 Å². The Labute approximate surface area is 247 Å². The summed E-state index contributed by atoms with van der Waals surface area (Å²) in [6.45, 7) is 9.15. The van der Waals surface area contributed by atoms with E-state index in [9.17, 15) is 0 Å². The van der Waals surface area contributed by atoms with Crippen LogP contribution in [0, 0.1) is 12.9 Å². The number of methoxy groups -OCH3 is 2. The summed E-state index contributed by atoms with van der Waals surface area (Å²) in [4.78, 5) is 18.2. The van der Waals surface area contributed by atoms with Gasteiger partial charge in [-0.15, -0.1) is 0 Å². The number of piperazine rings is 1. The third kappa shape index (κ3) is 7.40. The molecule has 4 aromatic rings. The van der Waals surface area contributed by atoms with E-state index in [4.69, 9.17) is 14.5 Å². The lowest BCUT2D eigenvalue weighted by molar-refractivity contribution is 0.176. The predicted molar refractivity (Wildman–Crippen MR) is 163 cm³/mol. The van der Waals surface area contributed by atoms with Crippen molar-refractivity contribution in [2.24, 2.45) is 0 Å². The van der Waals surface area contributed by atoms with Crippen LogP contribution in [0.1, 0.15) is 29.4 Å². The van der Waals surface area contributed by atoms with E-state index in [0.29, 0.717) is 42.0 Å². The molecule has 0 spiro atoms. The Morgan fingerprint density at radius 3 is 2.17 bits per heavy atom. The second-order valence-corrected chi connectivity index (χ2v) is 10.7. The van der Waals surface area contributed by atoms with Gasteiger partial charge < -0.3 is 19.7 Å². The molecule has 0 radical (unpaired) electrons. The molecule has 0 aliphatic carbocycles. The fourth-order valence-corrected chi connectivity index (χ4v) is 5.27. The van der Waals surface area contributed by atoms with Gasteiger partial charge in [-0.1, -0.05) is 24.3 Å². The SMILES string of the molecule is COc1ccc(CN(Cc2ccc(OC)cc2)c2cc(-c3cc(CCN4CCNC[C@@H]4C)cnc3F)nc(C)n2)cc1. The van der Waals surface area contributed by atoms with Crippen LogP contribution in [0.3, 0.4) is 0 Å². The number of nitrogens with one attached hydrogen (secondary N) is 1. The molecule has 0 saturated carbocycles. The molecule has 2 aromatic carbocycles. The van der Waals surface area contributed by atoms with Crippen LogP contribution in [0.15, 0.2) is 66.9 Å². The van der Waals surface area contributed by atoms with Gasteiger partial charge in [-0.3, -0.25) is 4.90 Å². The molecule has 8 nitrogen and oxygen atoms in total. The lowest BCUT2D eigenvalue weighted by atomic mass is 10.1. The van der Waals surface area contributed by atoms with E-state index in [1.807, 2.05) is 67.6 Å². The topological polar surface area (TPSA) is 75.6 Å². The molecule has 3 heterocycles. The number of aryl methyl sites for hydroxylation is 1. The number of anilines is 1. The summed E-state index contributed by atoms with van der Waals surface area (Å²) in [6, 6.07) is 20.2. The molecule has 9 heteroatoms. The van der Waals surface area contributed by atoms with Crippen molar-refractivity contribution in [2.45, 2.75) is 39.4 Å². The van der Waals surface area contributed by atoms with Crippen molar-refractivity contribution in [1.29, 1.82) is 0 Å². The van der Waals surface area contributed by atoms with E-state index in [-0.39, 0.29) is 0 Å². The minimum Gasteiger partial charge on any atom is -0.497 e. The summed E-state index contributed by atoms with van der Waals surface area (Å²) < 4.78 is 25.9. The number of hydrogen-bond acceptors (Lipinski definition) is 8. The monoisotopic (exact) mass is 570 g/mol. The molecular formula is C33H39FN6O2. The number of ether oxygens (including phenoxy) is 2. The molecule has 1 aliphatic rings. The van der Waals surface area contributed by atoms with Crippen LogP contribution in [0.5, 0.6) is 11.5 Å². The molecule has 1 saturated heterocycles. The second kappa shape index (κ2) is 13.7. The maximum Gasteiger partial charge on any atom is 0.222 e. The van der Waals surface area contributed by atoms with Crippen molar-refractivity contribution in [3.8, 4) is 22.8 Å². The molecule has 42 heavy (non-hydrogen) atoms. The van der Waals surface area contributed by atoms with Crippen LogP contribution in [0.25, 0.3) is 11.3 Å². The van der Waals surface area contributed by atoms with Gasteiger partial charge in [-0.2, -0.15) is 4.39 Å². The van der Waals surface area contributed by atoms with E-state index in [1.165, 1.54) is 0 Å². The number of aromatic nitrogens is 3. The summed E-state index contributed by atoms with van der Waals surface area (Å²) in [5.74, 6) is 2.35. The zero-order chi connectivity index (χ0) is 29.5. The van der Waals surface area contributed by atoms with Crippen LogP contribution in [0.2, 0.25) is 0 Å². The molecular weight excluding hydrogens is 531 g/mol. The van der Waals surface area contributed by atoms with Gasteiger partial charge in [0.15, 0.2) is 0 Å². The normalized spacial score (nSPS) is 15.4. The Morgan fingerprint density at radius 2 is 1.57 bits per heavy atom. The average Bonchev–Trinajstić information content (AvgIpc) is 3.01. The van der Waals surface area contributed by atoms with E-state index >= 15 is 4.39 Å². The van der Waals surface area contributed by atoms with Gasteiger partial charge in [-0.25, -0.2) is 15.0 Å². The van der Waals surface area contributed by atoms with E-state index in [0.717, 1.165) is 60.8 Å². The third-order valence-corrected chi connectivity index (χ3v) is 7.71. The molecule has 220 valence electrons. The number of halogens is 1. The molecule has 0 unspecified atom stereocenters. The van der Waals surface area contributed by atoms with Gasteiger partial charge in [0.05, 0.1) is 25.5 Å². The summed E-state index contributed by atoms with van der Waals surface area (Å²) in [7, 11) is 3.32. The molecule has 1 N–H and O–H groups in total. The first-order chi connectivity index (χ1) is 20.4. The lowest BCUT2D eigenvalue weighted by Gasteiger charge is -2.33. The maximum atomic E-state index is 15.2. The average molecular weight is 571 g/mol. The van der Waals surface area contributed by atoms with Crippen molar-refractivity contribution in [3.63, 3.8) is 0 Å². The molecule has 5 rings (SSSR count). The van der Waals surface area contributed by atoms with Gasteiger partial charge in [0.2, 0.25) is 5.95 Å². The minimum absolute atomic E-state index is 0.390. The van der Waals surface area contributed by atoms with E-state index in [2.05, 4.69) is 32.0 Å². The first-order valence-corrected chi connectivity index (χ1v) is 14.4. The maximum absolute atomic E-state index is 15.2. The van der Waals surface area contributed by atoms with Crippen LogP contribution in [0.4, 0.5) is 10.2 Å². The molecule has 0 bridgehead atoms. The second-order valence-electron chi connectivity index (χ2n) is 10.7. The van der Waals surface area contributed by atoms with Gasteiger partial charge in [0.1, 0.15) is 23.1 Å². The van der Waals surface area contributed by atoms with Gasteiger partial charge in [0, 0.05) is 57.6 Å². The quantitative estimate of drug-likeness (QED) is 0.251. The number of rotatable bonds is 11. The minimum atomic E-state index is -0.532. The third-order valence-electron chi connectivity index (χ3n) is 7.71.